The molecule has 9 rings (SSSR count). The highest BCUT2D eigenvalue weighted by atomic mass is 16.5. The van der Waals surface area contributed by atoms with Gasteiger partial charge in [0.1, 0.15) is 22.7 Å². The average molecular weight is 589 g/mol. The molecule has 1 aromatic heterocycles. The van der Waals surface area contributed by atoms with Crippen molar-refractivity contribution in [1.29, 1.82) is 0 Å². The van der Waals surface area contributed by atoms with Crippen LogP contribution in [0.15, 0.2) is 89.3 Å². The zero-order valence-corrected chi connectivity index (χ0v) is 27.0. The van der Waals surface area contributed by atoms with Crippen LogP contribution in [-0.2, 0) is 23.7 Å². The summed E-state index contributed by atoms with van der Waals surface area (Å²) in [7, 11) is 0. The second kappa shape index (κ2) is 9.07. The summed E-state index contributed by atoms with van der Waals surface area (Å²) in [6.45, 7) is 13.5. The lowest BCUT2D eigenvalue weighted by Gasteiger charge is -2.41. The molecule has 45 heavy (non-hydrogen) atoms. The number of anilines is 3. The van der Waals surface area contributed by atoms with Crippen molar-refractivity contribution >= 4 is 62.1 Å². The molecule has 1 aliphatic carbocycles. The van der Waals surface area contributed by atoms with Crippen LogP contribution in [0, 0.1) is 0 Å². The van der Waals surface area contributed by atoms with Crippen molar-refractivity contribution in [2.24, 2.45) is 0 Å². The fourth-order valence-corrected chi connectivity index (χ4v) is 7.96. The summed E-state index contributed by atoms with van der Waals surface area (Å²) in [4.78, 5) is 2.34. The van der Waals surface area contributed by atoms with E-state index in [9.17, 15) is 0 Å². The van der Waals surface area contributed by atoms with Gasteiger partial charge in [0.25, 0.3) is 6.71 Å². The fourth-order valence-electron chi connectivity index (χ4n) is 7.96. The lowest BCUT2D eigenvalue weighted by molar-refractivity contribution is 0.488. The molecule has 0 radical (unpaired) electrons. The molecule has 0 saturated heterocycles. The number of nitrogens with zero attached hydrogens (tertiary/aromatic N) is 1. The molecule has 0 spiro atoms. The minimum atomic E-state index is -0.0745. The van der Waals surface area contributed by atoms with E-state index in [4.69, 9.17) is 10.5 Å². The van der Waals surface area contributed by atoms with Crippen LogP contribution in [0.1, 0.15) is 71.6 Å². The second-order valence-corrected chi connectivity index (χ2v) is 15.2. The number of rotatable bonds is 1. The van der Waals surface area contributed by atoms with Crippen LogP contribution < -0.4 is 26.0 Å². The summed E-state index contributed by atoms with van der Waals surface area (Å²) < 4.78 is 22.4. The number of ether oxygens (including phenoxy) is 1. The van der Waals surface area contributed by atoms with E-state index in [0.717, 1.165) is 68.9 Å². The number of aryl methyl sites for hydroxylation is 2. The van der Waals surface area contributed by atoms with E-state index < -0.39 is 0 Å². The second-order valence-electron chi connectivity index (χ2n) is 15.2. The maximum absolute atomic E-state index is 8.88. The number of benzene rings is 5. The summed E-state index contributed by atoms with van der Waals surface area (Å²) in [6.07, 6.45) is 3.36. The smallest absolute Gasteiger partial charge is 0.257 e. The van der Waals surface area contributed by atoms with Gasteiger partial charge in [-0.25, -0.2) is 0 Å². The number of furan rings is 1. The molecule has 3 heterocycles. The minimum absolute atomic E-state index is 0.0226. The Balaban J connectivity index is 1.36. The minimum Gasteiger partial charge on any atom is -0.458 e. The Morgan fingerprint density at radius 2 is 1.49 bits per heavy atom. The molecule has 0 unspecified atom stereocenters. The van der Waals surface area contributed by atoms with E-state index in [1.807, 2.05) is 12.1 Å². The van der Waals surface area contributed by atoms with E-state index in [1.165, 1.54) is 39.5 Å². The van der Waals surface area contributed by atoms with E-state index in [1.54, 1.807) is 0 Å². The molecular weight excluding hydrogens is 549 g/mol. The zero-order valence-electron chi connectivity index (χ0n) is 28.0. The third-order valence-corrected chi connectivity index (χ3v) is 10.3. The largest absolute Gasteiger partial charge is 0.458 e. The normalized spacial score (nSPS) is 15.5. The van der Waals surface area contributed by atoms with Crippen molar-refractivity contribution in [2.45, 2.75) is 71.6 Å². The molecule has 0 fully saturated rings. The van der Waals surface area contributed by atoms with E-state index in [2.05, 4.69) is 113 Å². The van der Waals surface area contributed by atoms with E-state index in [0.29, 0.717) is 6.04 Å². The quantitative estimate of drug-likeness (QED) is 0.179. The highest BCUT2D eigenvalue weighted by molar-refractivity contribution is 7.00. The molecule has 0 N–H and O–H groups in total. The van der Waals surface area contributed by atoms with Gasteiger partial charge in [-0.1, -0.05) is 84.0 Å². The van der Waals surface area contributed by atoms with Crippen LogP contribution in [0.2, 0.25) is 0 Å². The maximum atomic E-state index is 8.88. The summed E-state index contributed by atoms with van der Waals surface area (Å²) in [5.41, 5.74) is 14.1. The van der Waals surface area contributed by atoms with Gasteiger partial charge in [0.2, 0.25) is 0 Å². The molecule has 5 aromatic carbocycles. The zero-order chi connectivity index (χ0) is 31.7. The van der Waals surface area contributed by atoms with Crippen molar-refractivity contribution in [3.8, 4) is 11.5 Å². The molecule has 0 amide bonds. The molecule has 0 saturated carbocycles. The van der Waals surface area contributed by atoms with Crippen molar-refractivity contribution in [3.05, 3.63) is 107 Å². The molecule has 4 heteroatoms. The molecule has 2 aliphatic heterocycles. The predicted molar refractivity (Wildman–Crippen MR) is 189 cm³/mol. The summed E-state index contributed by atoms with van der Waals surface area (Å²) >= 11 is 0. The van der Waals surface area contributed by atoms with Crippen LogP contribution in [0.3, 0.4) is 0 Å². The Morgan fingerprint density at radius 3 is 2.27 bits per heavy atom. The van der Waals surface area contributed by atoms with Gasteiger partial charge >= 0.3 is 0 Å². The Bertz CT molecular complexity index is 2250. The van der Waals surface area contributed by atoms with E-state index >= 15 is 0 Å². The standard InChI is InChI=1S/C41H38BNO2/c1-40(2,3)25-14-17-27(18-15-25)43-31-20-16-26(41(4,5)6)23-30(31)42-37-32(43)11-8-12-34(37)44-35-22-21-33-36(38(35)42)29-19-13-24-9-7-10-28(24)39(29)45-33/h8,11-23H,7,9-10H2,1-6H3/i8D. The fraction of sp³-hybridized carbons (Fsp3) is 0.268. The Morgan fingerprint density at radius 1 is 0.733 bits per heavy atom. The van der Waals surface area contributed by atoms with Gasteiger partial charge in [0.05, 0.1) is 1.37 Å². The van der Waals surface area contributed by atoms with Crippen molar-refractivity contribution in [2.75, 3.05) is 4.90 Å². The van der Waals surface area contributed by atoms with Gasteiger partial charge in [0, 0.05) is 27.8 Å². The molecule has 0 atom stereocenters. The number of hydrogen-bond acceptors (Lipinski definition) is 3. The van der Waals surface area contributed by atoms with Crippen molar-refractivity contribution < 1.29 is 10.5 Å². The highest BCUT2D eigenvalue weighted by Gasteiger charge is 2.44. The van der Waals surface area contributed by atoms with Gasteiger partial charge in [-0.3, -0.25) is 0 Å². The molecular formula is C41H38BNO2. The maximum Gasteiger partial charge on any atom is 0.257 e. The topological polar surface area (TPSA) is 25.6 Å². The van der Waals surface area contributed by atoms with Crippen LogP contribution >= 0.6 is 0 Å². The van der Waals surface area contributed by atoms with Crippen LogP contribution in [-0.4, -0.2) is 6.71 Å². The molecule has 3 nitrogen and oxygen atoms in total. The van der Waals surface area contributed by atoms with Gasteiger partial charge in [-0.2, -0.15) is 0 Å². The lowest BCUT2D eigenvalue weighted by Crippen LogP contribution is -2.59. The molecule has 3 aliphatic rings. The Labute approximate surface area is 267 Å². The van der Waals surface area contributed by atoms with Crippen LogP contribution in [0.25, 0.3) is 21.9 Å². The summed E-state index contributed by atoms with van der Waals surface area (Å²) in [5, 5.41) is 2.32. The first-order valence-electron chi connectivity index (χ1n) is 16.8. The summed E-state index contributed by atoms with van der Waals surface area (Å²) in [6, 6.07) is 29.0. The Hall–Kier alpha value is -4.44. The van der Waals surface area contributed by atoms with Gasteiger partial charge in [0.15, 0.2) is 0 Å². The number of fused-ring (bicyclic) bond motifs is 10. The van der Waals surface area contributed by atoms with Gasteiger partial charge < -0.3 is 14.1 Å². The van der Waals surface area contributed by atoms with Crippen molar-refractivity contribution in [3.63, 3.8) is 0 Å². The highest BCUT2D eigenvalue weighted by Crippen LogP contribution is 2.44. The third-order valence-electron chi connectivity index (χ3n) is 10.3. The first-order valence-corrected chi connectivity index (χ1v) is 16.3. The molecule has 0 bridgehead atoms. The van der Waals surface area contributed by atoms with E-state index in [-0.39, 0.29) is 17.5 Å². The van der Waals surface area contributed by atoms with Gasteiger partial charge in [-0.15, -0.1) is 0 Å². The molecule has 6 aromatic rings. The molecule has 222 valence electrons. The third kappa shape index (κ3) is 3.84. The monoisotopic (exact) mass is 588 g/mol. The lowest BCUT2D eigenvalue weighted by atomic mass is 9.33. The van der Waals surface area contributed by atoms with Crippen LogP contribution in [0.4, 0.5) is 17.1 Å². The average Bonchev–Trinajstić information content (AvgIpc) is 3.64. The number of hydrogen-bond donors (Lipinski definition) is 0. The first-order chi connectivity index (χ1) is 22.0. The Kier molecular flexibility index (Phi) is 5.21. The van der Waals surface area contributed by atoms with Crippen molar-refractivity contribution in [1.82, 2.24) is 0 Å². The van der Waals surface area contributed by atoms with Gasteiger partial charge in [-0.05, 0) is 111 Å². The van der Waals surface area contributed by atoms with Crippen LogP contribution in [0.5, 0.6) is 11.5 Å². The summed E-state index contributed by atoms with van der Waals surface area (Å²) in [5.74, 6) is 1.61. The SMILES string of the molecule is [2H]c1cc2c3c(c1)N(c1ccc(C(C)(C)C)cc1)c1ccc(C(C)(C)C)cc1B3c1c(ccc3oc4c5c(ccc4c13)CCC5)O2. The first kappa shape index (κ1) is 25.8. The predicted octanol–water partition coefficient (Wildman–Crippen LogP) is 9.07.